The maximum Gasteiger partial charge on any atom is 0.433 e. The van der Waals surface area contributed by atoms with Crippen molar-refractivity contribution in [1.82, 2.24) is 10.3 Å². The Labute approximate surface area is 213 Å². The molecule has 1 saturated carbocycles. The molecule has 2 fully saturated rings. The zero-order valence-corrected chi connectivity index (χ0v) is 21.5. The second-order valence-corrected chi connectivity index (χ2v) is 11.8. The van der Waals surface area contributed by atoms with Gasteiger partial charge in [0.25, 0.3) is 0 Å². The standard InChI is InChI=1S/C25H30F4N4O3S/c1-16-8-12-33(13-9-16)22-17(4-7-21(31-22)25(27,28)29)15-30-23(34)24(10-3-11-24)18-5-6-20(19(26)14-18)32-37(2,35)36/h4-7,14,16,32H,3,8-13,15H2,1-2H3,(H,30,34). The van der Waals surface area contributed by atoms with Crippen LogP contribution in [0.2, 0.25) is 0 Å². The van der Waals surface area contributed by atoms with Crippen LogP contribution in [0.5, 0.6) is 0 Å². The Morgan fingerprint density at radius 2 is 1.84 bits per heavy atom. The van der Waals surface area contributed by atoms with Gasteiger partial charge in [-0.3, -0.25) is 9.52 Å². The van der Waals surface area contributed by atoms with E-state index in [0.29, 0.717) is 43.0 Å². The molecule has 0 bridgehead atoms. The lowest BCUT2D eigenvalue weighted by Crippen LogP contribution is -2.49. The Kier molecular flexibility index (Phi) is 7.42. The lowest BCUT2D eigenvalue weighted by atomic mass is 9.63. The molecule has 7 nitrogen and oxygen atoms in total. The maximum atomic E-state index is 14.6. The lowest BCUT2D eigenvalue weighted by Gasteiger charge is -2.41. The van der Waals surface area contributed by atoms with Gasteiger partial charge in [0.05, 0.1) is 17.4 Å². The number of benzene rings is 1. The number of hydrogen-bond donors (Lipinski definition) is 2. The van der Waals surface area contributed by atoms with Gasteiger partial charge >= 0.3 is 6.18 Å². The van der Waals surface area contributed by atoms with Crippen molar-refractivity contribution in [2.75, 3.05) is 29.0 Å². The third kappa shape index (κ3) is 6.00. The molecule has 2 aliphatic rings. The van der Waals surface area contributed by atoms with Crippen molar-refractivity contribution in [3.63, 3.8) is 0 Å². The van der Waals surface area contributed by atoms with E-state index in [0.717, 1.165) is 37.7 Å². The van der Waals surface area contributed by atoms with Crippen molar-refractivity contribution in [3.05, 3.63) is 53.0 Å². The molecular formula is C25H30F4N4O3S. The van der Waals surface area contributed by atoms with Gasteiger partial charge in [0.1, 0.15) is 17.3 Å². The fraction of sp³-hybridized carbons (Fsp3) is 0.520. The van der Waals surface area contributed by atoms with E-state index in [1.54, 1.807) is 0 Å². The molecule has 1 saturated heterocycles. The van der Waals surface area contributed by atoms with Gasteiger partial charge in [-0.1, -0.05) is 25.5 Å². The number of nitrogens with zero attached hydrogens (tertiary/aromatic N) is 2. The summed E-state index contributed by atoms with van der Waals surface area (Å²) in [4.78, 5) is 19.1. The summed E-state index contributed by atoms with van der Waals surface area (Å²) in [5.74, 6) is -0.467. The summed E-state index contributed by atoms with van der Waals surface area (Å²) in [5, 5.41) is 2.84. The first-order valence-corrected chi connectivity index (χ1v) is 14.1. The van der Waals surface area contributed by atoms with Crippen molar-refractivity contribution in [2.45, 2.75) is 57.2 Å². The molecule has 1 aromatic heterocycles. The van der Waals surface area contributed by atoms with E-state index in [2.05, 4.69) is 21.9 Å². The Morgan fingerprint density at radius 3 is 2.38 bits per heavy atom. The van der Waals surface area contributed by atoms with Crippen LogP contribution in [0.4, 0.5) is 29.1 Å². The summed E-state index contributed by atoms with van der Waals surface area (Å²) in [5.41, 5.74) is -1.29. The molecule has 2 aromatic rings. The lowest BCUT2D eigenvalue weighted by molar-refractivity contribution is -0.141. The largest absolute Gasteiger partial charge is 0.433 e. The highest BCUT2D eigenvalue weighted by molar-refractivity contribution is 7.92. The van der Waals surface area contributed by atoms with Crippen LogP contribution in [-0.4, -0.2) is 38.7 Å². The molecule has 4 rings (SSSR count). The Bertz CT molecular complexity index is 1270. The second kappa shape index (κ2) is 10.1. The number of amides is 1. The van der Waals surface area contributed by atoms with Crippen LogP contribution in [0.1, 0.15) is 55.8 Å². The molecule has 12 heteroatoms. The number of sulfonamides is 1. The van der Waals surface area contributed by atoms with Gasteiger partial charge in [-0.15, -0.1) is 0 Å². The molecule has 1 aromatic carbocycles. The molecule has 1 amide bonds. The van der Waals surface area contributed by atoms with E-state index in [1.165, 1.54) is 18.2 Å². The van der Waals surface area contributed by atoms with Crippen LogP contribution >= 0.6 is 0 Å². The molecule has 202 valence electrons. The van der Waals surface area contributed by atoms with Gasteiger partial charge in [-0.2, -0.15) is 13.2 Å². The summed E-state index contributed by atoms with van der Waals surface area (Å²) < 4.78 is 79.8. The van der Waals surface area contributed by atoms with E-state index in [9.17, 15) is 30.8 Å². The topological polar surface area (TPSA) is 91.4 Å². The van der Waals surface area contributed by atoms with Gasteiger partial charge in [0, 0.05) is 25.2 Å². The summed E-state index contributed by atoms with van der Waals surface area (Å²) in [6, 6.07) is 6.23. The third-order valence-corrected chi connectivity index (χ3v) is 7.82. The van der Waals surface area contributed by atoms with Crippen LogP contribution < -0.4 is 14.9 Å². The van der Waals surface area contributed by atoms with E-state index in [1.807, 2.05) is 4.90 Å². The monoisotopic (exact) mass is 542 g/mol. The number of carbonyl (C=O) groups excluding carboxylic acids is 1. The summed E-state index contributed by atoms with van der Waals surface area (Å²) in [6.45, 7) is 3.23. The number of halogens is 4. The number of rotatable bonds is 7. The normalized spacial score (nSPS) is 18.3. The molecule has 1 aliphatic carbocycles. The number of carbonyl (C=O) groups is 1. The predicted molar refractivity (Wildman–Crippen MR) is 132 cm³/mol. The molecule has 1 aliphatic heterocycles. The first-order valence-electron chi connectivity index (χ1n) is 12.2. The number of anilines is 2. The highest BCUT2D eigenvalue weighted by atomic mass is 32.2. The zero-order chi connectivity index (χ0) is 27.0. The van der Waals surface area contributed by atoms with Crippen molar-refractivity contribution in [1.29, 1.82) is 0 Å². The average Bonchev–Trinajstić information content (AvgIpc) is 2.78. The fourth-order valence-electron chi connectivity index (χ4n) is 4.88. The first-order chi connectivity index (χ1) is 17.3. The highest BCUT2D eigenvalue weighted by Gasteiger charge is 2.46. The van der Waals surface area contributed by atoms with Gasteiger partial charge < -0.3 is 10.2 Å². The SMILES string of the molecule is CC1CCN(c2nc(C(F)(F)F)ccc2CNC(=O)C2(c3ccc(NS(C)(=O)=O)c(F)c3)CCC2)CC1. The van der Waals surface area contributed by atoms with Crippen molar-refractivity contribution in [3.8, 4) is 0 Å². The highest BCUT2D eigenvalue weighted by Crippen LogP contribution is 2.45. The van der Waals surface area contributed by atoms with Gasteiger partial charge in [0.2, 0.25) is 15.9 Å². The average molecular weight is 543 g/mol. The van der Waals surface area contributed by atoms with E-state index in [-0.39, 0.29) is 24.0 Å². The van der Waals surface area contributed by atoms with Crippen molar-refractivity contribution >= 4 is 27.4 Å². The number of piperidine rings is 1. The molecule has 2 N–H and O–H groups in total. The van der Waals surface area contributed by atoms with E-state index < -0.39 is 33.1 Å². The smallest absolute Gasteiger partial charge is 0.356 e. The van der Waals surface area contributed by atoms with Crippen LogP contribution in [0.15, 0.2) is 30.3 Å². The predicted octanol–water partition coefficient (Wildman–Crippen LogP) is 4.59. The summed E-state index contributed by atoms with van der Waals surface area (Å²) in [6.07, 6.45) is -0.311. The number of aromatic nitrogens is 1. The minimum Gasteiger partial charge on any atom is -0.356 e. The van der Waals surface area contributed by atoms with Crippen molar-refractivity contribution < 1.29 is 30.8 Å². The van der Waals surface area contributed by atoms with Crippen LogP contribution in [0, 0.1) is 11.7 Å². The number of nitrogens with one attached hydrogen (secondary N) is 2. The Hall–Kier alpha value is -2.89. The molecule has 0 unspecified atom stereocenters. The number of alkyl halides is 3. The minimum atomic E-state index is -4.59. The Morgan fingerprint density at radius 1 is 1.16 bits per heavy atom. The van der Waals surface area contributed by atoms with E-state index >= 15 is 0 Å². The van der Waals surface area contributed by atoms with Gasteiger partial charge in [-0.05, 0) is 55.4 Å². The molecule has 37 heavy (non-hydrogen) atoms. The molecule has 0 spiro atoms. The second-order valence-electron chi connectivity index (χ2n) is 10.0. The van der Waals surface area contributed by atoms with E-state index in [4.69, 9.17) is 0 Å². The quantitative estimate of drug-likeness (QED) is 0.500. The summed E-state index contributed by atoms with van der Waals surface area (Å²) in [7, 11) is -3.67. The number of hydrogen-bond acceptors (Lipinski definition) is 5. The van der Waals surface area contributed by atoms with Crippen LogP contribution in [0.3, 0.4) is 0 Å². The van der Waals surface area contributed by atoms with Crippen LogP contribution in [0.25, 0.3) is 0 Å². The van der Waals surface area contributed by atoms with Crippen LogP contribution in [-0.2, 0) is 33.0 Å². The number of pyridine rings is 1. The zero-order valence-electron chi connectivity index (χ0n) is 20.7. The van der Waals surface area contributed by atoms with Gasteiger partial charge in [0.15, 0.2) is 0 Å². The third-order valence-electron chi connectivity index (χ3n) is 7.23. The fourth-order valence-corrected chi connectivity index (χ4v) is 5.45. The molecule has 0 radical (unpaired) electrons. The van der Waals surface area contributed by atoms with Crippen molar-refractivity contribution in [2.24, 2.45) is 5.92 Å². The molecule has 0 atom stereocenters. The first kappa shape index (κ1) is 27.2. The molecule has 2 heterocycles. The summed E-state index contributed by atoms with van der Waals surface area (Å²) >= 11 is 0. The minimum absolute atomic E-state index is 0.0245. The van der Waals surface area contributed by atoms with Gasteiger partial charge in [-0.25, -0.2) is 17.8 Å². The molecular weight excluding hydrogens is 512 g/mol. The maximum absolute atomic E-state index is 14.6. The Balaban J connectivity index is 1.55.